The van der Waals surface area contributed by atoms with Crippen LogP contribution in [0.4, 0.5) is 28.7 Å². The molecule has 9 aromatic rings. The van der Waals surface area contributed by atoms with Crippen molar-refractivity contribution in [3.05, 3.63) is 211 Å². The minimum atomic E-state index is 0.100. The lowest BCUT2D eigenvalue weighted by Gasteiger charge is -2.31. The van der Waals surface area contributed by atoms with Crippen LogP contribution in [0.2, 0.25) is 0 Å². The first-order valence-electron chi connectivity index (χ1n) is 19.3. The van der Waals surface area contributed by atoms with E-state index in [0.717, 1.165) is 78.4 Å². The molecular weight excluding hydrogens is 709 g/mol. The fourth-order valence-electron chi connectivity index (χ4n) is 8.46. The zero-order chi connectivity index (χ0) is 39.0. The van der Waals surface area contributed by atoms with Crippen LogP contribution in [0.25, 0.3) is 43.4 Å². The first-order valence-corrected chi connectivity index (χ1v) is 19.3. The zero-order valence-electron chi connectivity index (χ0n) is 31.4. The molecule has 2 heterocycles. The summed E-state index contributed by atoms with van der Waals surface area (Å²) in [6, 6.07) is 60.6. The Balaban J connectivity index is 1.17. The lowest BCUT2D eigenvalue weighted by Crippen LogP contribution is -2.21. The van der Waals surface area contributed by atoms with Crippen molar-refractivity contribution < 1.29 is 0 Å². The second kappa shape index (κ2) is 14.5. The van der Waals surface area contributed by atoms with Gasteiger partial charge in [0.25, 0.3) is 0 Å². The highest BCUT2D eigenvalue weighted by molar-refractivity contribution is 6.28. The molecule has 1 atom stereocenters. The highest BCUT2D eigenvalue weighted by Crippen LogP contribution is 2.48. The van der Waals surface area contributed by atoms with Gasteiger partial charge in [0.05, 0.1) is 33.9 Å². The average Bonchev–Trinajstić information content (AvgIpc) is 3.30. The van der Waals surface area contributed by atoms with Gasteiger partial charge in [-0.15, -0.1) is 0 Å². The lowest BCUT2D eigenvalue weighted by molar-refractivity contribution is 0.831. The number of benzene rings is 7. The lowest BCUT2D eigenvalue weighted by atomic mass is 9.87. The summed E-state index contributed by atoms with van der Waals surface area (Å²) in [6.07, 6.45) is 8.61. The van der Waals surface area contributed by atoms with Crippen LogP contribution in [0.15, 0.2) is 200 Å². The number of rotatable bonds is 8. The van der Waals surface area contributed by atoms with Crippen LogP contribution < -0.4 is 9.80 Å². The van der Waals surface area contributed by atoms with Crippen molar-refractivity contribution in [2.45, 2.75) is 12.3 Å². The summed E-state index contributed by atoms with van der Waals surface area (Å²) in [5, 5.41) is 27.7. The first kappa shape index (κ1) is 34.4. The van der Waals surface area contributed by atoms with E-state index in [-0.39, 0.29) is 5.92 Å². The van der Waals surface area contributed by atoms with Crippen molar-refractivity contribution in [2.75, 3.05) is 9.80 Å². The van der Waals surface area contributed by atoms with Gasteiger partial charge in [-0.1, -0.05) is 127 Å². The maximum atomic E-state index is 10.6. The summed E-state index contributed by atoms with van der Waals surface area (Å²) in [5.41, 5.74) is 7.75. The Bertz CT molecular complexity index is 3110. The molecule has 6 heteroatoms. The number of hydrogen-bond donors (Lipinski definition) is 0. The number of hydrogen-bond acceptors (Lipinski definition) is 6. The Kier molecular flexibility index (Phi) is 8.63. The van der Waals surface area contributed by atoms with Crippen LogP contribution in [0.5, 0.6) is 0 Å². The zero-order valence-corrected chi connectivity index (χ0v) is 31.4. The highest BCUT2D eigenvalue weighted by Gasteiger charge is 2.27. The Morgan fingerprint density at radius 3 is 1.69 bits per heavy atom. The molecule has 1 aliphatic carbocycles. The largest absolute Gasteiger partial charge is 0.293 e. The standard InChI is InChI=1S/C52H34N6/c53-33-41-31-39(35-11-3-1-4-12-35)21-25-45(41)57(49-15-7-9-29-55-49)47-27-19-37-18-24-44-48(28-20-38-17-23-43(47)51(37)52(38)44)58(50-16-8-10-30-56-50)46-26-22-40(32-42(46)34-54)36-13-5-2-6-14-36/h1-21,23-32,40H,22H2. The van der Waals surface area contributed by atoms with E-state index in [2.05, 4.69) is 113 Å². The van der Waals surface area contributed by atoms with Crippen molar-refractivity contribution in [3.63, 3.8) is 0 Å². The summed E-state index contributed by atoms with van der Waals surface area (Å²) >= 11 is 0. The van der Waals surface area contributed by atoms with Crippen LogP contribution in [-0.4, -0.2) is 9.97 Å². The first-order chi connectivity index (χ1) is 28.7. The molecule has 0 amide bonds. The van der Waals surface area contributed by atoms with E-state index in [0.29, 0.717) is 17.0 Å². The van der Waals surface area contributed by atoms with Crippen molar-refractivity contribution in [3.8, 4) is 23.3 Å². The number of nitriles is 2. The molecule has 0 aliphatic heterocycles. The van der Waals surface area contributed by atoms with Crippen LogP contribution in [0.3, 0.4) is 0 Å². The molecular formula is C52H34N6. The van der Waals surface area contributed by atoms with Crippen LogP contribution in [-0.2, 0) is 0 Å². The summed E-state index contributed by atoms with van der Waals surface area (Å²) < 4.78 is 0. The fraction of sp³-hybridized carbons (Fsp3) is 0.0385. The van der Waals surface area contributed by atoms with Crippen molar-refractivity contribution in [2.24, 2.45) is 0 Å². The van der Waals surface area contributed by atoms with E-state index in [1.54, 1.807) is 12.4 Å². The topological polar surface area (TPSA) is 79.8 Å². The van der Waals surface area contributed by atoms with E-state index in [4.69, 9.17) is 9.97 Å². The minimum Gasteiger partial charge on any atom is -0.293 e. The smallest absolute Gasteiger partial charge is 0.137 e. The number of pyridine rings is 2. The molecule has 6 nitrogen and oxygen atoms in total. The summed E-state index contributed by atoms with van der Waals surface area (Å²) in [4.78, 5) is 13.9. The molecule has 0 N–H and O–H groups in total. The van der Waals surface area contributed by atoms with E-state index < -0.39 is 0 Å². The Morgan fingerprint density at radius 2 is 1.09 bits per heavy atom. The van der Waals surface area contributed by atoms with Crippen LogP contribution in [0, 0.1) is 22.7 Å². The van der Waals surface area contributed by atoms with Gasteiger partial charge in [0.1, 0.15) is 23.8 Å². The number of allylic oxidation sites excluding steroid dienone is 3. The third kappa shape index (κ3) is 5.89. The maximum Gasteiger partial charge on any atom is 0.137 e. The summed E-state index contributed by atoms with van der Waals surface area (Å²) in [5.74, 6) is 1.54. The monoisotopic (exact) mass is 742 g/mol. The van der Waals surface area contributed by atoms with Gasteiger partial charge in [-0.2, -0.15) is 10.5 Å². The van der Waals surface area contributed by atoms with Gasteiger partial charge in [0.2, 0.25) is 0 Å². The molecule has 0 radical (unpaired) electrons. The Labute approximate surface area is 336 Å². The van der Waals surface area contributed by atoms with Crippen LogP contribution in [0.1, 0.15) is 23.5 Å². The van der Waals surface area contributed by atoms with Crippen molar-refractivity contribution in [1.29, 1.82) is 10.5 Å². The second-order valence-corrected chi connectivity index (χ2v) is 14.4. The molecule has 7 aromatic carbocycles. The predicted octanol–water partition coefficient (Wildman–Crippen LogP) is 13.0. The number of anilines is 5. The number of nitrogens with zero attached hydrogens (tertiary/aromatic N) is 6. The van der Waals surface area contributed by atoms with Gasteiger partial charge in [-0.3, -0.25) is 9.80 Å². The molecule has 2 aromatic heterocycles. The van der Waals surface area contributed by atoms with Gasteiger partial charge in [0, 0.05) is 29.1 Å². The average molecular weight is 743 g/mol. The second-order valence-electron chi connectivity index (χ2n) is 14.4. The van der Waals surface area contributed by atoms with E-state index in [1.807, 2.05) is 84.9 Å². The molecule has 0 fully saturated rings. The normalized spacial score (nSPS) is 13.8. The van der Waals surface area contributed by atoms with Gasteiger partial charge in [-0.25, -0.2) is 9.97 Å². The molecule has 272 valence electrons. The molecule has 58 heavy (non-hydrogen) atoms. The molecule has 0 saturated carbocycles. The van der Waals surface area contributed by atoms with Gasteiger partial charge in [-0.05, 0) is 93.2 Å². The molecule has 1 unspecified atom stereocenters. The SMILES string of the molecule is N#CC1=CC(c2ccccc2)CC=C1N(c1ccccn1)c1ccc2ccc3c(N(c4ccccn4)c4ccc(-c5ccccc5)cc4C#N)ccc4ccc1c2c43. The summed E-state index contributed by atoms with van der Waals surface area (Å²) in [6.45, 7) is 0. The molecule has 0 spiro atoms. The van der Waals surface area contributed by atoms with Gasteiger partial charge >= 0.3 is 0 Å². The fourth-order valence-corrected chi connectivity index (χ4v) is 8.46. The minimum absolute atomic E-state index is 0.100. The molecule has 0 saturated heterocycles. The van der Waals surface area contributed by atoms with E-state index in [1.165, 1.54) is 5.56 Å². The third-order valence-corrected chi connectivity index (χ3v) is 11.1. The predicted molar refractivity (Wildman–Crippen MR) is 235 cm³/mol. The number of aromatic nitrogens is 2. The summed E-state index contributed by atoms with van der Waals surface area (Å²) in [7, 11) is 0. The van der Waals surface area contributed by atoms with Crippen LogP contribution >= 0.6 is 0 Å². The quantitative estimate of drug-likeness (QED) is 0.144. The van der Waals surface area contributed by atoms with E-state index in [9.17, 15) is 10.5 Å². The van der Waals surface area contributed by atoms with Gasteiger partial charge < -0.3 is 0 Å². The maximum absolute atomic E-state index is 10.6. The molecule has 1 aliphatic rings. The molecule has 10 rings (SSSR count). The Morgan fingerprint density at radius 1 is 0.517 bits per heavy atom. The Hall–Kier alpha value is -8.06. The van der Waals surface area contributed by atoms with E-state index >= 15 is 0 Å². The van der Waals surface area contributed by atoms with Crippen molar-refractivity contribution >= 4 is 61.0 Å². The van der Waals surface area contributed by atoms with Gasteiger partial charge in [0.15, 0.2) is 0 Å². The van der Waals surface area contributed by atoms with Crippen molar-refractivity contribution in [1.82, 2.24) is 9.97 Å². The molecule has 0 bridgehead atoms. The highest BCUT2D eigenvalue weighted by atomic mass is 15.2. The third-order valence-electron chi connectivity index (χ3n) is 11.1.